The lowest BCUT2D eigenvalue weighted by Gasteiger charge is -2.43. The van der Waals surface area contributed by atoms with Crippen molar-refractivity contribution in [1.82, 2.24) is 10.2 Å². The third kappa shape index (κ3) is 3.69. The highest BCUT2D eigenvalue weighted by Crippen LogP contribution is 2.45. The maximum absolute atomic E-state index is 13.9. The highest BCUT2D eigenvalue weighted by atomic mass is 19.3. The number of carboxylic acids is 1. The molecule has 1 unspecified atom stereocenters. The molecular weight excluding hydrogens is 446 g/mol. The number of alkyl halides is 2. The summed E-state index contributed by atoms with van der Waals surface area (Å²) in [6, 6.07) is 14.1. The molecule has 3 aliphatic rings. The number of carbonyl (C=O) groups excluding carboxylic acids is 2. The van der Waals surface area contributed by atoms with E-state index in [2.05, 4.69) is 5.32 Å². The number of fused-ring (bicyclic) bond motifs is 3. The number of likely N-dealkylation sites (tertiary alicyclic amines) is 1. The predicted octanol–water partition coefficient (Wildman–Crippen LogP) is 3.77. The number of ether oxygens (including phenoxy) is 1. The molecule has 2 fully saturated rings. The van der Waals surface area contributed by atoms with Gasteiger partial charge in [0, 0.05) is 12.3 Å². The number of nitrogens with zero attached hydrogens (tertiary/aromatic N) is 1. The van der Waals surface area contributed by atoms with Crippen LogP contribution >= 0.6 is 0 Å². The summed E-state index contributed by atoms with van der Waals surface area (Å²) in [5, 5.41) is 11.9. The van der Waals surface area contributed by atoms with E-state index in [1.54, 1.807) is 0 Å². The number of carbonyl (C=O) groups is 3. The summed E-state index contributed by atoms with van der Waals surface area (Å²) in [7, 11) is 0. The van der Waals surface area contributed by atoms with Crippen LogP contribution in [-0.2, 0) is 14.3 Å². The quantitative estimate of drug-likeness (QED) is 0.694. The fourth-order valence-corrected chi connectivity index (χ4v) is 5.28. The minimum atomic E-state index is -3.28. The molecule has 7 nitrogen and oxygen atoms in total. The molecule has 0 bridgehead atoms. The van der Waals surface area contributed by atoms with Gasteiger partial charge in [0.05, 0.1) is 6.54 Å². The second kappa shape index (κ2) is 8.07. The summed E-state index contributed by atoms with van der Waals surface area (Å²) >= 11 is 0. The van der Waals surface area contributed by atoms with Crippen LogP contribution in [0.15, 0.2) is 48.5 Å². The van der Waals surface area contributed by atoms with Crippen LogP contribution in [0.1, 0.15) is 42.7 Å². The highest BCUT2D eigenvalue weighted by Gasteiger charge is 2.56. The van der Waals surface area contributed by atoms with Crippen molar-refractivity contribution in [3.05, 3.63) is 59.7 Å². The van der Waals surface area contributed by atoms with Gasteiger partial charge in [-0.3, -0.25) is 4.79 Å². The molecule has 1 heterocycles. The van der Waals surface area contributed by atoms with E-state index in [9.17, 15) is 28.3 Å². The van der Waals surface area contributed by atoms with Crippen molar-refractivity contribution >= 4 is 18.0 Å². The molecule has 2 aromatic carbocycles. The second-order valence-corrected chi connectivity index (χ2v) is 9.23. The smallest absolute Gasteiger partial charge is 0.408 e. The summed E-state index contributed by atoms with van der Waals surface area (Å²) in [5.74, 6) is -5.73. The zero-order valence-electron chi connectivity index (χ0n) is 18.3. The normalized spacial score (nSPS) is 21.8. The highest BCUT2D eigenvalue weighted by molar-refractivity contribution is 5.94. The molecule has 2 N–H and O–H groups in total. The fourth-order valence-electron chi connectivity index (χ4n) is 5.28. The van der Waals surface area contributed by atoms with Crippen LogP contribution in [0, 0.1) is 0 Å². The van der Waals surface area contributed by atoms with Gasteiger partial charge in [-0.15, -0.1) is 0 Å². The molecular formula is C25H24F2N2O5. The third-order valence-electron chi connectivity index (χ3n) is 7.12. The number of benzene rings is 2. The number of amides is 2. The molecule has 0 aromatic heterocycles. The molecule has 2 aromatic rings. The Bertz CT molecular complexity index is 1120. The van der Waals surface area contributed by atoms with E-state index in [4.69, 9.17) is 4.74 Å². The van der Waals surface area contributed by atoms with Crippen LogP contribution in [0.5, 0.6) is 0 Å². The lowest BCUT2D eigenvalue weighted by atomic mass is 9.75. The van der Waals surface area contributed by atoms with Crippen molar-refractivity contribution in [3.8, 4) is 11.1 Å². The Hall–Kier alpha value is -3.49. The van der Waals surface area contributed by atoms with E-state index in [0.29, 0.717) is 11.3 Å². The Morgan fingerprint density at radius 1 is 1.03 bits per heavy atom. The van der Waals surface area contributed by atoms with Crippen LogP contribution in [0.3, 0.4) is 0 Å². The first-order chi connectivity index (χ1) is 16.2. The molecule has 1 aliphatic heterocycles. The van der Waals surface area contributed by atoms with E-state index in [-0.39, 0.29) is 25.4 Å². The van der Waals surface area contributed by atoms with Crippen LogP contribution in [0.4, 0.5) is 13.6 Å². The van der Waals surface area contributed by atoms with Crippen LogP contribution in [0.25, 0.3) is 11.1 Å². The summed E-state index contributed by atoms with van der Waals surface area (Å²) in [6.07, 6.45) is -0.672. The molecule has 5 rings (SSSR count). The van der Waals surface area contributed by atoms with Gasteiger partial charge >= 0.3 is 12.1 Å². The topological polar surface area (TPSA) is 95.9 Å². The fraction of sp³-hybridized carbons (Fsp3) is 0.400. The Labute approximate surface area is 194 Å². The number of nitrogens with one attached hydrogen (secondary N) is 1. The van der Waals surface area contributed by atoms with Crippen molar-refractivity contribution in [3.63, 3.8) is 0 Å². The number of carboxylic acid groups (broad SMARTS) is 1. The third-order valence-corrected chi connectivity index (χ3v) is 7.12. The Kier molecular flexibility index (Phi) is 5.30. The number of rotatable bonds is 5. The molecule has 2 amide bonds. The Morgan fingerprint density at radius 2 is 1.62 bits per heavy atom. The van der Waals surface area contributed by atoms with Gasteiger partial charge in [-0.1, -0.05) is 48.5 Å². The molecule has 34 heavy (non-hydrogen) atoms. The molecule has 178 valence electrons. The first-order valence-electron chi connectivity index (χ1n) is 11.3. The molecule has 1 atom stereocenters. The molecule has 1 saturated heterocycles. The Balaban J connectivity index is 1.29. The predicted molar refractivity (Wildman–Crippen MR) is 117 cm³/mol. The molecule has 1 saturated carbocycles. The number of alkyl carbamates (subject to hydrolysis) is 1. The average molecular weight is 470 g/mol. The summed E-state index contributed by atoms with van der Waals surface area (Å²) in [6.45, 7) is -0.930. The van der Waals surface area contributed by atoms with Crippen LogP contribution in [-0.4, -0.2) is 58.6 Å². The zero-order valence-corrected chi connectivity index (χ0v) is 18.3. The first-order valence-corrected chi connectivity index (χ1v) is 11.3. The van der Waals surface area contributed by atoms with Gasteiger partial charge in [0.1, 0.15) is 18.2 Å². The number of hydrogen-bond donors (Lipinski definition) is 2. The lowest BCUT2D eigenvalue weighted by molar-refractivity contribution is -0.153. The maximum atomic E-state index is 13.9. The van der Waals surface area contributed by atoms with E-state index < -0.39 is 48.4 Å². The van der Waals surface area contributed by atoms with E-state index in [1.807, 2.05) is 48.5 Å². The lowest BCUT2D eigenvalue weighted by Crippen LogP contribution is -2.65. The monoisotopic (exact) mass is 470 g/mol. The van der Waals surface area contributed by atoms with Crippen molar-refractivity contribution in [2.24, 2.45) is 0 Å². The van der Waals surface area contributed by atoms with Crippen LogP contribution < -0.4 is 5.32 Å². The average Bonchev–Trinajstić information content (AvgIpc) is 3.29. The largest absolute Gasteiger partial charge is 0.480 e. The van der Waals surface area contributed by atoms with E-state index in [0.717, 1.165) is 22.3 Å². The van der Waals surface area contributed by atoms with Crippen molar-refractivity contribution in [2.75, 3.05) is 13.2 Å². The zero-order chi connectivity index (χ0) is 24.1. The number of hydrogen-bond acceptors (Lipinski definition) is 4. The minimum Gasteiger partial charge on any atom is -0.480 e. The van der Waals surface area contributed by atoms with Gasteiger partial charge in [0.25, 0.3) is 5.92 Å². The van der Waals surface area contributed by atoms with Crippen LogP contribution in [0.2, 0.25) is 0 Å². The summed E-state index contributed by atoms with van der Waals surface area (Å²) < 4.78 is 33.3. The van der Waals surface area contributed by atoms with Gasteiger partial charge in [-0.2, -0.15) is 0 Å². The van der Waals surface area contributed by atoms with E-state index in [1.165, 1.54) is 0 Å². The SMILES string of the molecule is O=C(NC1(C(=O)N2CC(F)(F)CC2C(=O)O)CCC1)OCC1c2ccccc2-c2ccccc21. The number of aliphatic carboxylic acids is 1. The maximum Gasteiger partial charge on any atom is 0.408 e. The molecule has 0 spiro atoms. The summed E-state index contributed by atoms with van der Waals surface area (Å²) in [4.78, 5) is 38.0. The summed E-state index contributed by atoms with van der Waals surface area (Å²) in [5.41, 5.74) is 2.81. The van der Waals surface area contributed by atoms with Crippen molar-refractivity contribution in [1.29, 1.82) is 0 Å². The second-order valence-electron chi connectivity index (χ2n) is 9.23. The standard InChI is InChI=1S/C25H24F2N2O5/c26-25(27)12-20(21(30)31)29(14-25)22(32)24(10-5-11-24)28-23(33)34-13-19-17-8-3-1-6-15(17)16-7-2-4-9-18(16)19/h1-4,6-9,19-20H,5,10-14H2,(H,28,33)(H,30,31). The van der Waals surface area contributed by atoms with Gasteiger partial charge in [-0.05, 0) is 41.5 Å². The van der Waals surface area contributed by atoms with Gasteiger partial charge in [0.2, 0.25) is 5.91 Å². The van der Waals surface area contributed by atoms with Gasteiger partial charge in [0.15, 0.2) is 0 Å². The minimum absolute atomic E-state index is 0.0453. The number of halogens is 2. The van der Waals surface area contributed by atoms with E-state index >= 15 is 0 Å². The van der Waals surface area contributed by atoms with Crippen molar-refractivity contribution < 1.29 is 33.0 Å². The van der Waals surface area contributed by atoms with Crippen molar-refractivity contribution in [2.45, 2.75) is 49.1 Å². The first kappa shape index (κ1) is 22.3. The van der Waals surface area contributed by atoms with Gasteiger partial charge < -0.3 is 20.1 Å². The Morgan fingerprint density at radius 3 is 2.15 bits per heavy atom. The molecule has 9 heteroatoms. The molecule has 2 aliphatic carbocycles. The molecule has 0 radical (unpaired) electrons. The van der Waals surface area contributed by atoms with Gasteiger partial charge in [-0.25, -0.2) is 18.4 Å².